The Labute approximate surface area is 250 Å². The van der Waals surface area contributed by atoms with Gasteiger partial charge in [-0.3, -0.25) is 9.88 Å². The van der Waals surface area contributed by atoms with E-state index in [-0.39, 0.29) is 12.3 Å². The predicted molar refractivity (Wildman–Crippen MR) is 159 cm³/mol. The lowest BCUT2D eigenvalue weighted by atomic mass is 9.96. The van der Waals surface area contributed by atoms with Crippen LogP contribution in [-0.4, -0.2) is 88.7 Å². The van der Waals surface area contributed by atoms with Crippen LogP contribution in [0.4, 0.5) is 0 Å². The zero-order valence-corrected chi connectivity index (χ0v) is 24.8. The first-order valence-electron chi connectivity index (χ1n) is 13.9. The number of methoxy groups -OCH3 is 4. The van der Waals surface area contributed by atoms with Crippen molar-refractivity contribution < 1.29 is 38.0 Å². The van der Waals surface area contributed by atoms with Crippen LogP contribution in [0, 0.1) is 0 Å². The highest BCUT2D eigenvalue weighted by Gasteiger charge is 2.25. The number of pyridine rings is 2. The molecule has 5 rings (SSSR count). The minimum atomic E-state index is -0.612. The largest absolute Gasteiger partial charge is 0.493 e. The monoisotopic (exact) mass is 589 g/mol. The molecule has 11 nitrogen and oxygen atoms in total. The van der Waals surface area contributed by atoms with Crippen LogP contribution in [0.1, 0.15) is 16.2 Å². The van der Waals surface area contributed by atoms with E-state index in [1.54, 1.807) is 18.3 Å². The third kappa shape index (κ3) is 6.73. The molecule has 226 valence electrons. The Balaban J connectivity index is 1.62. The van der Waals surface area contributed by atoms with E-state index in [0.717, 1.165) is 18.8 Å². The average Bonchev–Trinajstić information content (AvgIpc) is 3.06. The van der Waals surface area contributed by atoms with Crippen molar-refractivity contribution in [3.63, 3.8) is 0 Å². The Morgan fingerprint density at radius 3 is 2.33 bits per heavy atom. The molecule has 1 aliphatic rings. The summed E-state index contributed by atoms with van der Waals surface area (Å²) in [5, 5.41) is 1.37. The van der Waals surface area contributed by atoms with Crippen LogP contribution in [0.5, 0.6) is 28.9 Å². The zero-order chi connectivity index (χ0) is 30.2. The van der Waals surface area contributed by atoms with E-state index >= 15 is 0 Å². The highest BCUT2D eigenvalue weighted by Crippen LogP contribution is 2.45. The van der Waals surface area contributed by atoms with Gasteiger partial charge in [0.2, 0.25) is 11.6 Å². The molecular weight excluding hydrogens is 554 g/mol. The van der Waals surface area contributed by atoms with Crippen molar-refractivity contribution in [2.45, 2.75) is 6.61 Å². The summed E-state index contributed by atoms with van der Waals surface area (Å²) >= 11 is 0. The van der Waals surface area contributed by atoms with Gasteiger partial charge in [0.15, 0.2) is 17.2 Å². The molecule has 0 saturated carbocycles. The van der Waals surface area contributed by atoms with Gasteiger partial charge in [-0.15, -0.1) is 0 Å². The van der Waals surface area contributed by atoms with Gasteiger partial charge in [-0.2, -0.15) is 0 Å². The lowest BCUT2D eigenvalue weighted by Gasteiger charge is -2.26. The summed E-state index contributed by atoms with van der Waals surface area (Å²) < 4.78 is 39.7. The molecule has 0 aliphatic carbocycles. The van der Waals surface area contributed by atoms with Crippen molar-refractivity contribution in [1.82, 2.24) is 14.9 Å². The third-order valence-corrected chi connectivity index (χ3v) is 7.14. The fourth-order valence-corrected chi connectivity index (χ4v) is 4.96. The topological polar surface area (TPSA) is 111 Å². The van der Waals surface area contributed by atoms with Crippen LogP contribution >= 0.6 is 0 Å². The van der Waals surface area contributed by atoms with Crippen LogP contribution in [0.25, 0.3) is 21.9 Å². The molecule has 0 unspecified atom stereocenters. The van der Waals surface area contributed by atoms with Crippen LogP contribution in [0.15, 0.2) is 54.7 Å². The number of hydrogen-bond acceptors (Lipinski definition) is 11. The number of ether oxygens (including phenoxy) is 7. The second-order valence-corrected chi connectivity index (χ2v) is 9.67. The number of hydrogen-bond donors (Lipinski definition) is 0. The maximum Gasteiger partial charge on any atom is 0.357 e. The van der Waals surface area contributed by atoms with E-state index in [9.17, 15) is 4.79 Å². The summed E-state index contributed by atoms with van der Waals surface area (Å²) in [4.78, 5) is 24.5. The third-order valence-electron chi connectivity index (χ3n) is 7.14. The van der Waals surface area contributed by atoms with Gasteiger partial charge in [-0.25, -0.2) is 9.78 Å². The molecule has 43 heavy (non-hydrogen) atoms. The summed E-state index contributed by atoms with van der Waals surface area (Å²) in [6, 6.07) is 14.8. The molecule has 4 aromatic rings. The minimum Gasteiger partial charge on any atom is -0.493 e. The number of esters is 1. The van der Waals surface area contributed by atoms with Gasteiger partial charge in [-0.1, -0.05) is 6.07 Å². The van der Waals surface area contributed by atoms with Crippen molar-refractivity contribution in [2.24, 2.45) is 0 Å². The van der Waals surface area contributed by atoms with E-state index in [1.165, 1.54) is 28.4 Å². The molecule has 0 atom stereocenters. The smallest absolute Gasteiger partial charge is 0.357 e. The van der Waals surface area contributed by atoms with Crippen LogP contribution < -0.4 is 23.7 Å². The molecule has 1 aliphatic heterocycles. The van der Waals surface area contributed by atoms with E-state index in [1.807, 2.05) is 36.4 Å². The Kier molecular flexibility index (Phi) is 9.75. The van der Waals surface area contributed by atoms with Gasteiger partial charge in [0, 0.05) is 36.8 Å². The fourth-order valence-electron chi connectivity index (χ4n) is 4.96. The van der Waals surface area contributed by atoms with Crippen LogP contribution in [0.3, 0.4) is 0 Å². The highest BCUT2D eigenvalue weighted by atomic mass is 16.5. The molecule has 11 heteroatoms. The predicted octanol–water partition coefficient (Wildman–Crippen LogP) is 4.40. The summed E-state index contributed by atoms with van der Waals surface area (Å²) in [6.45, 7) is 4.37. The van der Waals surface area contributed by atoms with Crippen molar-refractivity contribution in [2.75, 3.05) is 67.9 Å². The maximum atomic E-state index is 13.2. The van der Waals surface area contributed by atoms with E-state index < -0.39 is 5.97 Å². The minimum absolute atomic E-state index is 0.0906. The highest BCUT2D eigenvalue weighted by molar-refractivity contribution is 6.08. The SMILES string of the molecule is COC(=O)c1nc(OCCN2CCOCC2)c2cc(OCc3ccccn3)ccc2c1-c1cc(OC)c(OC)c(OC)c1. The molecule has 0 amide bonds. The molecule has 0 N–H and O–H groups in total. The second-order valence-electron chi connectivity index (χ2n) is 9.67. The number of benzene rings is 2. The first-order chi connectivity index (χ1) is 21.1. The Morgan fingerprint density at radius 1 is 0.907 bits per heavy atom. The number of aromatic nitrogens is 2. The van der Waals surface area contributed by atoms with Gasteiger partial charge < -0.3 is 33.2 Å². The lowest BCUT2D eigenvalue weighted by Crippen LogP contribution is -2.38. The standard InChI is InChI=1S/C32H35N3O8/c1-37-26-17-21(18-27(38-2)30(26)39-3)28-24-9-8-23(43-20-22-7-5-6-10-33-22)19-25(24)31(34-29(28)32(36)40-4)42-16-13-35-11-14-41-15-12-35/h5-10,17-19H,11-16,20H2,1-4H3. The number of rotatable bonds is 12. The summed E-state index contributed by atoms with van der Waals surface area (Å²) in [5.41, 5.74) is 2.03. The molecule has 1 fully saturated rings. The zero-order valence-electron chi connectivity index (χ0n) is 24.8. The Bertz CT molecular complexity index is 1530. The number of morpholine rings is 1. The molecule has 0 radical (unpaired) electrons. The van der Waals surface area contributed by atoms with E-state index in [2.05, 4.69) is 9.88 Å². The summed E-state index contributed by atoms with van der Waals surface area (Å²) in [5.74, 6) is 1.57. The van der Waals surface area contributed by atoms with E-state index in [0.29, 0.717) is 77.1 Å². The molecule has 3 heterocycles. The van der Waals surface area contributed by atoms with Crippen LogP contribution in [-0.2, 0) is 16.1 Å². The number of carbonyl (C=O) groups is 1. The van der Waals surface area contributed by atoms with Gasteiger partial charge in [0.25, 0.3) is 0 Å². The lowest BCUT2D eigenvalue weighted by molar-refractivity contribution is 0.0320. The van der Waals surface area contributed by atoms with E-state index in [4.69, 9.17) is 38.1 Å². The molecular formula is C32H35N3O8. The van der Waals surface area contributed by atoms with Gasteiger partial charge >= 0.3 is 5.97 Å². The van der Waals surface area contributed by atoms with Gasteiger partial charge in [-0.05, 0) is 53.4 Å². The fraction of sp³-hybridized carbons (Fsp3) is 0.344. The first kappa shape index (κ1) is 29.9. The molecule has 0 spiro atoms. The molecule has 1 saturated heterocycles. The molecule has 2 aromatic heterocycles. The van der Waals surface area contributed by atoms with Crippen molar-refractivity contribution in [3.05, 3.63) is 66.1 Å². The van der Waals surface area contributed by atoms with Crippen molar-refractivity contribution >= 4 is 16.7 Å². The number of nitrogens with zero attached hydrogens (tertiary/aromatic N) is 3. The Morgan fingerprint density at radius 2 is 1.67 bits per heavy atom. The first-order valence-corrected chi connectivity index (χ1v) is 13.9. The Hall–Kier alpha value is -4.61. The molecule has 2 aromatic carbocycles. The van der Waals surface area contributed by atoms with Crippen molar-refractivity contribution in [1.29, 1.82) is 0 Å². The maximum absolute atomic E-state index is 13.2. The van der Waals surface area contributed by atoms with Crippen LogP contribution in [0.2, 0.25) is 0 Å². The number of fused-ring (bicyclic) bond motifs is 1. The summed E-state index contributed by atoms with van der Waals surface area (Å²) in [6.07, 6.45) is 1.72. The normalized spacial score (nSPS) is 13.4. The second kappa shape index (κ2) is 14.0. The van der Waals surface area contributed by atoms with Gasteiger partial charge in [0.1, 0.15) is 19.0 Å². The average molecular weight is 590 g/mol. The molecule has 0 bridgehead atoms. The summed E-state index contributed by atoms with van der Waals surface area (Å²) in [7, 11) is 5.93. The number of carbonyl (C=O) groups excluding carboxylic acids is 1. The van der Waals surface area contributed by atoms with Crippen molar-refractivity contribution in [3.8, 4) is 40.0 Å². The quantitative estimate of drug-likeness (QED) is 0.219. The van der Waals surface area contributed by atoms with Gasteiger partial charge in [0.05, 0.1) is 47.3 Å².